The fourth-order valence-corrected chi connectivity index (χ4v) is 3.65. The van der Waals surface area contributed by atoms with Crippen LogP contribution < -0.4 is 4.78 Å². The second kappa shape index (κ2) is 5.66. The number of hydrogen-bond acceptors (Lipinski definition) is 0. The minimum Gasteiger partial charge on any atom is -0.534 e. The number of nitrogens with zero attached hydrogens (tertiary/aromatic N) is 1. The van der Waals surface area contributed by atoms with Crippen molar-refractivity contribution in [1.29, 1.82) is 0 Å². The van der Waals surface area contributed by atoms with Gasteiger partial charge in [-0.3, -0.25) is 0 Å². The highest BCUT2D eigenvalue weighted by molar-refractivity contribution is 6.72. The van der Waals surface area contributed by atoms with Gasteiger partial charge in [0.2, 0.25) is 0 Å². The van der Waals surface area contributed by atoms with Gasteiger partial charge in [0, 0.05) is 18.1 Å². The average molecular weight is 180 g/mol. The summed E-state index contributed by atoms with van der Waals surface area (Å²) in [5, 5.41) is 0. The van der Waals surface area contributed by atoms with Crippen LogP contribution in [0.15, 0.2) is 38.0 Å². The molecule has 0 aliphatic rings. The Morgan fingerprint density at radius 3 is 1.50 bits per heavy atom. The van der Waals surface area contributed by atoms with Gasteiger partial charge in [0.25, 0.3) is 0 Å². The van der Waals surface area contributed by atoms with Gasteiger partial charge in [-0.1, -0.05) is 18.2 Å². The van der Waals surface area contributed by atoms with Crippen LogP contribution in [0.5, 0.6) is 0 Å². The van der Waals surface area contributed by atoms with Crippen LogP contribution in [0.25, 0.3) is 5.53 Å². The summed E-state index contributed by atoms with van der Waals surface area (Å²) >= 11 is 0. The molecule has 0 aromatic rings. The molecule has 0 bridgehead atoms. The van der Waals surface area contributed by atoms with Gasteiger partial charge in [-0.15, -0.1) is 19.7 Å². The maximum Gasteiger partial charge on any atom is 0.357 e. The molecule has 0 atom stereocenters. The smallest absolute Gasteiger partial charge is 0.357 e. The Hall–Kier alpha value is -0.963. The lowest BCUT2D eigenvalue weighted by molar-refractivity contribution is -0.335. The molecule has 0 saturated heterocycles. The summed E-state index contributed by atoms with van der Waals surface area (Å²) in [4.78, 5) is 0. The molecule has 0 aromatic carbocycles. The Kier molecular flexibility index (Phi) is 5.20. The molecule has 0 rings (SSSR count). The molecular weight excluding hydrogens is 164 g/mol. The summed E-state index contributed by atoms with van der Waals surface area (Å²) in [5.74, 6) is 0. The van der Waals surface area contributed by atoms with Gasteiger partial charge in [-0.05, 0) is 0 Å². The van der Waals surface area contributed by atoms with Gasteiger partial charge in [0.05, 0.1) is 0 Å². The van der Waals surface area contributed by atoms with E-state index < -0.39 is 8.24 Å². The minimum absolute atomic E-state index is 0.835. The molecular formula is C9H16N2Si. The van der Waals surface area contributed by atoms with E-state index >= 15 is 0 Å². The highest BCUT2D eigenvalue weighted by Gasteiger charge is 2.35. The predicted octanol–water partition coefficient (Wildman–Crippen LogP) is 1.59. The van der Waals surface area contributed by atoms with Gasteiger partial charge in [0.1, 0.15) is 0 Å². The van der Waals surface area contributed by atoms with Crippen LogP contribution >= 0.6 is 0 Å². The highest BCUT2D eigenvalue weighted by atomic mass is 28.3. The van der Waals surface area contributed by atoms with Crippen molar-refractivity contribution in [3.05, 3.63) is 43.5 Å². The van der Waals surface area contributed by atoms with Crippen LogP contribution in [0, 0.1) is 0 Å². The molecule has 3 heteroatoms. The zero-order valence-electron chi connectivity index (χ0n) is 7.42. The average Bonchev–Trinajstić information content (AvgIpc) is 2.06. The normalized spacial score (nSPS) is 10.3. The van der Waals surface area contributed by atoms with Crippen molar-refractivity contribution in [3.63, 3.8) is 0 Å². The minimum atomic E-state index is -1.82. The van der Waals surface area contributed by atoms with E-state index in [1.807, 2.05) is 18.2 Å². The molecule has 66 valence electrons. The van der Waals surface area contributed by atoms with Crippen molar-refractivity contribution in [2.24, 2.45) is 0 Å². The Bertz CT molecular complexity index is 160. The maximum atomic E-state index is 9.04. The van der Waals surface area contributed by atoms with Gasteiger partial charge in [-0.2, -0.15) is 0 Å². The largest absolute Gasteiger partial charge is 0.534 e. The third-order valence-corrected chi connectivity index (χ3v) is 5.53. The quantitative estimate of drug-likeness (QED) is 0.351. The lowest BCUT2D eigenvalue weighted by atomic mass is 10.7. The SMILES string of the molecule is C=CC[Si](CC=C)(CC=C)[NH+]=[N-]. The summed E-state index contributed by atoms with van der Waals surface area (Å²) in [5.41, 5.74) is 9.04. The number of rotatable bonds is 7. The van der Waals surface area contributed by atoms with E-state index in [4.69, 9.17) is 5.53 Å². The van der Waals surface area contributed by atoms with E-state index in [-0.39, 0.29) is 0 Å². The Morgan fingerprint density at radius 1 is 1.00 bits per heavy atom. The number of allylic oxidation sites excluding steroid dienone is 3. The first-order valence-electron chi connectivity index (χ1n) is 3.98. The Balaban J connectivity index is 4.45. The van der Waals surface area contributed by atoms with Crippen molar-refractivity contribution in [1.82, 2.24) is 0 Å². The first-order chi connectivity index (χ1) is 5.74. The van der Waals surface area contributed by atoms with Crippen molar-refractivity contribution < 1.29 is 4.78 Å². The van der Waals surface area contributed by atoms with Gasteiger partial charge >= 0.3 is 8.24 Å². The summed E-state index contributed by atoms with van der Waals surface area (Å²) in [6.45, 7) is 11.0. The standard InChI is InChI=1S/C9H16N2Si/c1-4-7-12(11-10,8-5-2)9-6-3/h4-6,11H,1-3,7-9H2. The van der Waals surface area contributed by atoms with Crippen molar-refractivity contribution >= 4 is 8.24 Å². The van der Waals surface area contributed by atoms with Crippen LogP contribution in [-0.4, -0.2) is 8.24 Å². The molecule has 0 aromatic heterocycles. The van der Waals surface area contributed by atoms with Crippen molar-refractivity contribution in [2.75, 3.05) is 0 Å². The molecule has 1 N–H and O–H groups in total. The van der Waals surface area contributed by atoms with Crippen LogP contribution in [0.2, 0.25) is 18.1 Å². The molecule has 0 unspecified atom stereocenters. The van der Waals surface area contributed by atoms with E-state index in [2.05, 4.69) is 24.5 Å². The molecule has 0 radical (unpaired) electrons. The molecule has 0 aliphatic heterocycles. The summed E-state index contributed by atoms with van der Waals surface area (Å²) in [6, 6.07) is 2.50. The van der Waals surface area contributed by atoms with Crippen LogP contribution in [0.3, 0.4) is 0 Å². The van der Waals surface area contributed by atoms with E-state index in [9.17, 15) is 0 Å². The van der Waals surface area contributed by atoms with Gasteiger partial charge < -0.3 is 10.3 Å². The lowest BCUT2D eigenvalue weighted by Gasteiger charge is -2.16. The number of hydrogen-bond donors (Lipinski definition) is 1. The third kappa shape index (κ3) is 2.96. The molecule has 0 amide bonds. The van der Waals surface area contributed by atoms with Gasteiger partial charge in [0.15, 0.2) is 0 Å². The summed E-state index contributed by atoms with van der Waals surface area (Å²) in [7, 11) is -1.82. The number of nitrogens with one attached hydrogen (secondary N) is 1. The zero-order valence-corrected chi connectivity index (χ0v) is 8.42. The third-order valence-electron chi connectivity index (χ3n) is 1.84. The first-order valence-corrected chi connectivity index (χ1v) is 6.61. The maximum absolute atomic E-state index is 9.04. The van der Waals surface area contributed by atoms with Crippen molar-refractivity contribution in [2.45, 2.75) is 18.1 Å². The van der Waals surface area contributed by atoms with Crippen LogP contribution in [-0.2, 0) is 0 Å². The van der Waals surface area contributed by atoms with E-state index in [1.54, 1.807) is 0 Å². The van der Waals surface area contributed by atoms with E-state index in [1.165, 1.54) is 0 Å². The molecule has 0 spiro atoms. The second-order valence-corrected chi connectivity index (χ2v) is 6.88. The molecule has 12 heavy (non-hydrogen) atoms. The van der Waals surface area contributed by atoms with E-state index in [0.717, 1.165) is 18.1 Å². The predicted molar refractivity (Wildman–Crippen MR) is 55.1 cm³/mol. The summed E-state index contributed by atoms with van der Waals surface area (Å²) < 4.78 is 2.44. The lowest BCUT2D eigenvalue weighted by Crippen LogP contribution is -2.85. The highest BCUT2D eigenvalue weighted by Crippen LogP contribution is 2.14. The van der Waals surface area contributed by atoms with Gasteiger partial charge in [-0.25, -0.2) is 0 Å². The summed E-state index contributed by atoms with van der Waals surface area (Å²) in [6.07, 6.45) is 5.51. The molecule has 0 heterocycles. The Morgan fingerprint density at radius 2 is 1.33 bits per heavy atom. The second-order valence-electron chi connectivity index (χ2n) is 2.87. The molecule has 0 fully saturated rings. The van der Waals surface area contributed by atoms with Crippen LogP contribution in [0.1, 0.15) is 0 Å². The Labute approximate surface area is 75.3 Å². The molecule has 0 saturated carbocycles. The van der Waals surface area contributed by atoms with Crippen molar-refractivity contribution in [3.8, 4) is 0 Å². The fourth-order valence-electron chi connectivity index (χ4n) is 1.22. The van der Waals surface area contributed by atoms with E-state index in [0.29, 0.717) is 0 Å². The van der Waals surface area contributed by atoms with Crippen LogP contribution in [0.4, 0.5) is 0 Å². The fraction of sp³-hybridized carbons (Fsp3) is 0.333. The first kappa shape index (κ1) is 11.0. The topological polar surface area (TPSA) is 36.3 Å². The molecule has 2 nitrogen and oxygen atoms in total. The monoisotopic (exact) mass is 180 g/mol. The molecule has 0 aliphatic carbocycles. The zero-order chi connectivity index (χ0) is 9.45.